The number of halogens is 1. The van der Waals surface area contributed by atoms with Crippen LogP contribution in [-0.2, 0) is 16.6 Å². The third-order valence-corrected chi connectivity index (χ3v) is 5.71. The summed E-state index contributed by atoms with van der Waals surface area (Å²) in [4.78, 5) is 2.19. The van der Waals surface area contributed by atoms with Gasteiger partial charge in [-0.3, -0.25) is 0 Å². The first-order valence-corrected chi connectivity index (χ1v) is 9.65. The highest BCUT2D eigenvalue weighted by Crippen LogP contribution is 2.22. The lowest BCUT2D eigenvalue weighted by Crippen LogP contribution is -2.23. The number of nitrogens with zero attached hydrogens (tertiary/aromatic N) is 1. The molecule has 1 aliphatic rings. The van der Waals surface area contributed by atoms with Gasteiger partial charge < -0.3 is 9.64 Å². The van der Waals surface area contributed by atoms with Gasteiger partial charge in [-0.05, 0) is 48.7 Å². The number of rotatable bonds is 6. The molecule has 7 heteroatoms. The Morgan fingerprint density at radius 3 is 2.40 bits per heavy atom. The molecule has 1 fully saturated rings. The maximum atomic E-state index is 13.7. The first-order chi connectivity index (χ1) is 12.0. The van der Waals surface area contributed by atoms with Crippen molar-refractivity contribution in [2.45, 2.75) is 24.3 Å². The van der Waals surface area contributed by atoms with Crippen LogP contribution in [0.3, 0.4) is 0 Å². The average molecular weight is 364 g/mol. The van der Waals surface area contributed by atoms with Gasteiger partial charge in [0.1, 0.15) is 0 Å². The largest absolute Gasteiger partial charge is 0.494 e. The van der Waals surface area contributed by atoms with Crippen molar-refractivity contribution in [3.63, 3.8) is 0 Å². The van der Waals surface area contributed by atoms with Gasteiger partial charge in [0, 0.05) is 25.3 Å². The van der Waals surface area contributed by atoms with E-state index in [2.05, 4.69) is 9.62 Å². The number of ether oxygens (including phenoxy) is 1. The third kappa shape index (κ3) is 4.11. The lowest BCUT2D eigenvalue weighted by molar-refractivity contribution is 0.385. The minimum absolute atomic E-state index is 0.0106. The Balaban J connectivity index is 1.66. The summed E-state index contributed by atoms with van der Waals surface area (Å²) in [5, 5.41) is 0. The molecule has 0 atom stereocenters. The average Bonchev–Trinajstić information content (AvgIpc) is 3.15. The second kappa shape index (κ2) is 7.41. The molecule has 2 aromatic rings. The summed E-state index contributed by atoms with van der Waals surface area (Å²) < 4.78 is 45.6. The van der Waals surface area contributed by atoms with Crippen molar-refractivity contribution in [2.24, 2.45) is 0 Å². The van der Waals surface area contributed by atoms with Crippen LogP contribution in [0.5, 0.6) is 5.75 Å². The molecular formula is C18H21FN2O3S. The van der Waals surface area contributed by atoms with E-state index in [1.807, 2.05) is 24.3 Å². The fourth-order valence-corrected chi connectivity index (χ4v) is 3.91. The van der Waals surface area contributed by atoms with E-state index in [1.54, 1.807) is 0 Å². The molecule has 3 rings (SSSR count). The first-order valence-electron chi connectivity index (χ1n) is 8.17. The fraction of sp³-hybridized carbons (Fsp3) is 0.333. The lowest BCUT2D eigenvalue weighted by Gasteiger charge is -2.17. The second-order valence-electron chi connectivity index (χ2n) is 5.98. The molecule has 0 spiro atoms. The number of hydrogen-bond donors (Lipinski definition) is 1. The molecule has 25 heavy (non-hydrogen) atoms. The third-order valence-electron chi connectivity index (χ3n) is 4.31. The molecule has 1 aliphatic heterocycles. The summed E-state index contributed by atoms with van der Waals surface area (Å²) in [5.41, 5.74) is 2.00. The van der Waals surface area contributed by atoms with Crippen LogP contribution in [0.4, 0.5) is 10.1 Å². The zero-order chi connectivity index (χ0) is 17.9. The van der Waals surface area contributed by atoms with Gasteiger partial charge in [-0.1, -0.05) is 12.1 Å². The van der Waals surface area contributed by atoms with Crippen molar-refractivity contribution in [3.8, 4) is 5.75 Å². The van der Waals surface area contributed by atoms with E-state index in [9.17, 15) is 12.8 Å². The summed E-state index contributed by atoms with van der Waals surface area (Å²) in [6.45, 7) is 2.28. The van der Waals surface area contributed by atoms with E-state index in [0.29, 0.717) is 0 Å². The number of hydrogen-bond acceptors (Lipinski definition) is 4. The van der Waals surface area contributed by atoms with Crippen molar-refractivity contribution in [1.29, 1.82) is 0 Å². The molecule has 1 saturated heterocycles. The zero-order valence-corrected chi connectivity index (χ0v) is 14.9. The van der Waals surface area contributed by atoms with Crippen LogP contribution >= 0.6 is 0 Å². The van der Waals surface area contributed by atoms with Crippen LogP contribution in [0.15, 0.2) is 47.4 Å². The van der Waals surface area contributed by atoms with Crippen molar-refractivity contribution < 1.29 is 17.5 Å². The Kier molecular flexibility index (Phi) is 5.24. The maximum absolute atomic E-state index is 13.7. The van der Waals surface area contributed by atoms with Gasteiger partial charge in [0.15, 0.2) is 11.6 Å². The molecule has 0 radical (unpaired) electrons. The molecule has 0 unspecified atom stereocenters. The number of anilines is 1. The Morgan fingerprint density at radius 2 is 1.80 bits per heavy atom. The normalized spacial score (nSPS) is 14.7. The van der Waals surface area contributed by atoms with Gasteiger partial charge in [0.25, 0.3) is 0 Å². The van der Waals surface area contributed by atoms with Crippen molar-refractivity contribution in [2.75, 3.05) is 25.1 Å². The lowest BCUT2D eigenvalue weighted by atomic mass is 10.2. The number of methoxy groups -OCH3 is 1. The topological polar surface area (TPSA) is 58.6 Å². The van der Waals surface area contributed by atoms with E-state index in [0.717, 1.165) is 30.4 Å². The first kappa shape index (κ1) is 17.7. The molecule has 5 nitrogen and oxygen atoms in total. The molecular weight excluding hydrogens is 343 g/mol. The predicted molar refractivity (Wildman–Crippen MR) is 94.9 cm³/mol. The predicted octanol–water partition coefficient (Wildman–Crippen LogP) is 2.91. The second-order valence-corrected chi connectivity index (χ2v) is 7.75. The summed E-state index contributed by atoms with van der Waals surface area (Å²) in [7, 11) is -2.46. The monoisotopic (exact) mass is 364 g/mol. The van der Waals surface area contributed by atoms with Crippen molar-refractivity contribution in [1.82, 2.24) is 4.72 Å². The maximum Gasteiger partial charge on any atom is 0.240 e. The van der Waals surface area contributed by atoms with Gasteiger partial charge in [0.2, 0.25) is 10.0 Å². The zero-order valence-electron chi connectivity index (χ0n) is 14.0. The highest BCUT2D eigenvalue weighted by atomic mass is 32.2. The van der Waals surface area contributed by atoms with Crippen LogP contribution < -0.4 is 14.4 Å². The van der Waals surface area contributed by atoms with Crippen LogP contribution in [0.2, 0.25) is 0 Å². The molecule has 2 aromatic carbocycles. The highest BCUT2D eigenvalue weighted by molar-refractivity contribution is 7.89. The molecule has 134 valence electrons. The van der Waals surface area contributed by atoms with Crippen LogP contribution in [0.25, 0.3) is 0 Å². The van der Waals surface area contributed by atoms with Gasteiger partial charge in [-0.25, -0.2) is 17.5 Å². The molecule has 0 bridgehead atoms. The van der Waals surface area contributed by atoms with Crippen LogP contribution in [-0.4, -0.2) is 28.6 Å². The molecule has 1 heterocycles. The fourth-order valence-electron chi connectivity index (χ4n) is 2.88. The van der Waals surface area contributed by atoms with Gasteiger partial charge >= 0.3 is 0 Å². The van der Waals surface area contributed by atoms with Crippen molar-refractivity contribution >= 4 is 15.7 Å². The van der Waals surface area contributed by atoms with Crippen LogP contribution in [0, 0.1) is 5.82 Å². The summed E-state index contributed by atoms with van der Waals surface area (Å²) in [6, 6.07) is 11.4. The highest BCUT2D eigenvalue weighted by Gasteiger charge is 2.17. The molecule has 0 saturated carbocycles. The quantitative estimate of drug-likeness (QED) is 0.856. The van der Waals surface area contributed by atoms with E-state index < -0.39 is 15.8 Å². The van der Waals surface area contributed by atoms with Gasteiger partial charge in [-0.2, -0.15) is 0 Å². The van der Waals surface area contributed by atoms with Gasteiger partial charge in [0.05, 0.1) is 12.0 Å². The Hall–Kier alpha value is -2.12. The number of benzene rings is 2. The smallest absolute Gasteiger partial charge is 0.240 e. The number of nitrogens with one attached hydrogen (secondary N) is 1. The summed E-state index contributed by atoms with van der Waals surface area (Å²) in [5.74, 6) is -0.697. The van der Waals surface area contributed by atoms with Gasteiger partial charge in [-0.15, -0.1) is 0 Å². The Bertz CT molecular complexity index is 832. The minimum atomic E-state index is -3.79. The Labute approximate surface area is 147 Å². The van der Waals surface area contributed by atoms with E-state index >= 15 is 0 Å². The minimum Gasteiger partial charge on any atom is -0.494 e. The standard InChI is InChI=1S/C18H21FN2O3S/c1-24-18-9-8-16(12-17(18)19)25(22,23)20-13-14-4-6-15(7-5-14)21-10-2-3-11-21/h4-9,12,20H,2-3,10-11,13H2,1H3. The summed E-state index contributed by atoms with van der Waals surface area (Å²) in [6.07, 6.45) is 2.42. The van der Waals surface area contributed by atoms with E-state index in [1.165, 1.54) is 32.1 Å². The van der Waals surface area contributed by atoms with Crippen LogP contribution in [0.1, 0.15) is 18.4 Å². The van der Waals surface area contributed by atoms with E-state index in [-0.39, 0.29) is 17.2 Å². The summed E-state index contributed by atoms with van der Waals surface area (Å²) >= 11 is 0. The van der Waals surface area contributed by atoms with E-state index in [4.69, 9.17) is 4.74 Å². The molecule has 1 N–H and O–H groups in total. The molecule has 0 aromatic heterocycles. The van der Waals surface area contributed by atoms with Crippen molar-refractivity contribution in [3.05, 3.63) is 53.8 Å². The molecule has 0 aliphatic carbocycles. The molecule has 0 amide bonds. The SMILES string of the molecule is COc1ccc(S(=O)(=O)NCc2ccc(N3CCCC3)cc2)cc1F. The number of sulfonamides is 1. The Morgan fingerprint density at radius 1 is 1.12 bits per heavy atom.